The Labute approximate surface area is 148 Å². The van der Waals surface area contributed by atoms with Crippen LogP contribution in [0.4, 0.5) is 13.2 Å². The summed E-state index contributed by atoms with van der Waals surface area (Å²) in [5.74, 6) is -2.09. The Hall–Kier alpha value is -1.38. The maximum absolute atomic E-state index is 12.6. The zero-order valence-electron chi connectivity index (χ0n) is 13.6. The number of rotatable bonds is 5. The molecular formula is C18H18F3O2Tl. The molecule has 0 fully saturated rings. The van der Waals surface area contributed by atoms with Gasteiger partial charge in [-0.3, -0.25) is 0 Å². The first-order chi connectivity index (χ1) is 11.3. The number of benzene rings is 2. The van der Waals surface area contributed by atoms with Crippen LogP contribution in [0.2, 0.25) is 0 Å². The molecule has 0 bridgehead atoms. The van der Waals surface area contributed by atoms with Gasteiger partial charge in [0.2, 0.25) is 0 Å². The zero-order chi connectivity index (χ0) is 17.7. The second-order valence-electron chi connectivity index (χ2n) is 5.47. The van der Waals surface area contributed by atoms with Gasteiger partial charge < -0.3 is 0 Å². The third-order valence-corrected chi connectivity index (χ3v) is 13.3. The average molecular weight is 528 g/mol. The van der Waals surface area contributed by atoms with Crippen molar-refractivity contribution in [3.8, 4) is 0 Å². The second-order valence-corrected chi connectivity index (χ2v) is 14.5. The van der Waals surface area contributed by atoms with Crippen LogP contribution >= 0.6 is 0 Å². The number of carbonyl (C=O) groups is 1. The molecule has 2 aromatic rings. The molecule has 0 unspecified atom stereocenters. The van der Waals surface area contributed by atoms with Crippen LogP contribution in [-0.4, -0.2) is 35.3 Å². The van der Waals surface area contributed by atoms with E-state index in [1.165, 1.54) is 0 Å². The second kappa shape index (κ2) is 8.13. The van der Waals surface area contributed by atoms with Crippen molar-refractivity contribution in [3.05, 3.63) is 59.7 Å². The number of hydrogen-bond acceptors (Lipinski definition) is 2. The molecule has 0 aliphatic carbocycles. The van der Waals surface area contributed by atoms with Gasteiger partial charge in [-0.2, -0.15) is 0 Å². The van der Waals surface area contributed by atoms with Gasteiger partial charge in [-0.25, -0.2) is 0 Å². The molecule has 6 heteroatoms. The summed E-state index contributed by atoms with van der Waals surface area (Å²) in [7, 11) is 0. The van der Waals surface area contributed by atoms with Crippen molar-refractivity contribution < 1.29 is 20.7 Å². The summed E-state index contributed by atoms with van der Waals surface area (Å²) in [6.45, 7) is 4.01. The van der Waals surface area contributed by atoms with Crippen LogP contribution < -0.4 is 6.25 Å². The molecule has 126 valence electrons. The van der Waals surface area contributed by atoms with E-state index >= 15 is 0 Å². The Balaban J connectivity index is 2.37. The Bertz CT molecular complexity index is 631. The van der Waals surface area contributed by atoms with Crippen molar-refractivity contribution in [1.29, 1.82) is 0 Å². The average Bonchev–Trinajstić information content (AvgIpc) is 2.59. The molecule has 2 nitrogen and oxygen atoms in total. The van der Waals surface area contributed by atoms with Crippen molar-refractivity contribution >= 4 is 35.4 Å². The van der Waals surface area contributed by atoms with E-state index in [4.69, 9.17) is 2.69 Å². The van der Waals surface area contributed by atoms with Crippen LogP contribution in [0, 0.1) is 0 Å². The first-order valence-electron chi connectivity index (χ1n) is 7.80. The monoisotopic (exact) mass is 528 g/mol. The molecular weight excluding hydrogens is 510 g/mol. The van der Waals surface area contributed by atoms with Crippen molar-refractivity contribution in [3.63, 3.8) is 0 Å². The summed E-state index contributed by atoms with van der Waals surface area (Å²) in [4.78, 5) is 11.4. The third kappa shape index (κ3) is 4.81. The van der Waals surface area contributed by atoms with Gasteiger partial charge in [-0.1, -0.05) is 0 Å². The molecule has 0 aliphatic heterocycles. The molecule has 0 spiro atoms. The van der Waals surface area contributed by atoms with E-state index in [1.807, 2.05) is 38.1 Å². The van der Waals surface area contributed by atoms with Crippen molar-refractivity contribution in [2.75, 3.05) is 0 Å². The Kier molecular flexibility index (Phi) is 6.42. The summed E-state index contributed by atoms with van der Waals surface area (Å²) in [5, 5.41) is 0. The van der Waals surface area contributed by atoms with E-state index in [1.54, 1.807) is 24.3 Å². The van der Waals surface area contributed by atoms with Crippen LogP contribution in [0.3, 0.4) is 0 Å². The van der Waals surface area contributed by atoms with Crippen LogP contribution in [0.1, 0.15) is 25.0 Å². The molecule has 0 heterocycles. The first-order valence-corrected chi connectivity index (χ1v) is 14.1. The summed E-state index contributed by atoms with van der Waals surface area (Å²) in [6, 6.07) is 14.7. The minimum absolute atomic E-state index is 0.731. The SMILES string of the molecule is CCc1cc[c]([Tl]([O]C(=O)C(F)(F)F)[c]2ccc(CC)cc2)cc1. The van der Waals surface area contributed by atoms with Gasteiger partial charge >= 0.3 is 149 Å². The van der Waals surface area contributed by atoms with Gasteiger partial charge in [0.05, 0.1) is 0 Å². The minimum atomic E-state index is -4.97. The number of halogens is 3. The molecule has 0 aromatic heterocycles. The quantitative estimate of drug-likeness (QED) is 0.559. The van der Waals surface area contributed by atoms with E-state index in [0.717, 1.165) is 30.2 Å². The van der Waals surface area contributed by atoms with E-state index < -0.39 is 35.3 Å². The molecule has 2 rings (SSSR count). The Morgan fingerprint density at radius 1 is 0.875 bits per heavy atom. The molecule has 0 saturated heterocycles. The first kappa shape index (κ1) is 19.0. The fourth-order valence-corrected chi connectivity index (χ4v) is 10.5. The van der Waals surface area contributed by atoms with Crippen LogP contribution in [-0.2, 0) is 20.3 Å². The van der Waals surface area contributed by atoms with Crippen LogP contribution in [0.25, 0.3) is 0 Å². The van der Waals surface area contributed by atoms with Crippen molar-refractivity contribution in [2.24, 2.45) is 0 Å². The van der Waals surface area contributed by atoms with E-state index in [-0.39, 0.29) is 0 Å². The van der Waals surface area contributed by atoms with Gasteiger partial charge in [0.25, 0.3) is 0 Å². The summed E-state index contributed by atoms with van der Waals surface area (Å²) < 4.78 is 44.4. The fraction of sp³-hybridized carbons (Fsp3) is 0.278. The number of carbonyl (C=O) groups excluding carboxylic acids is 1. The number of alkyl halides is 3. The standard InChI is InChI=1S/2C8H9.C2HF3O2.Tl/c2*1-2-8-6-4-3-5-7-8;3-2(4,5)1(6)7;/h2*4-7H,2H2,1H3;(H,6,7);/q;;;+1/p-1. The molecule has 0 amide bonds. The molecule has 24 heavy (non-hydrogen) atoms. The van der Waals surface area contributed by atoms with Gasteiger partial charge in [-0.15, -0.1) is 0 Å². The van der Waals surface area contributed by atoms with Gasteiger partial charge in [0.1, 0.15) is 0 Å². The van der Waals surface area contributed by atoms with E-state index in [2.05, 4.69) is 0 Å². The molecule has 2 aromatic carbocycles. The molecule has 0 N–H and O–H groups in total. The van der Waals surface area contributed by atoms with Crippen LogP contribution in [0.5, 0.6) is 0 Å². The predicted octanol–water partition coefficient (Wildman–Crippen LogP) is 3.02. The Morgan fingerprint density at radius 3 is 1.54 bits per heavy atom. The zero-order valence-corrected chi connectivity index (χ0v) is 18.0. The van der Waals surface area contributed by atoms with Crippen LogP contribution in [0.15, 0.2) is 48.5 Å². The predicted molar refractivity (Wildman–Crippen MR) is 88.8 cm³/mol. The van der Waals surface area contributed by atoms with E-state index in [9.17, 15) is 18.0 Å². The number of aryl methyl sites for hydroxylation is 2. The summed E-state index contributed by atoms with van der Waals surface area (Å²) in [5.41, 5.74) is 2.18. The topological polar surface area (TPSA) is 26.3 Å². The normalized spacial score (nSPS) is 11.2. The molecule has 0 atom stereocenters. The number of hydrogen-bond donors (Lipinski definition) is 0. The van der Waals surface area contributed by atoms with E-state index in [0.29, 0.717) is 0 Å². The van der Waals surface area contributed by atoms with Crippen molar-refractivity contribution in [1.82, 2.24) is 0 Å². The van der Waals surface area contributed by atoms with Crippen molar-refractivity contribution in [2.45, 2.75) is 32.9 Å². The maximum atomic E-state index is 12.6. The fourth-order valence-electron chi connectivity index (χ4n) is 2.36. The van der Waals surface area contributed by atoms with Gasteiger partial charge in [0.15, 0.2) is 0 Å². The summed E-state index contributed by atoms with van der Waals surface area (Å²) in [6.07, 6.45) is -3.28. The summed E-state index contributed by atoms with van der Waals surface area (Å²) >= 11 is -3.73. The van der Waals surface area contributed by atoms with Gasteiger partial charge in [0, 0.05) is 0 Å². The Morgan fingerprint density at radius 2 is 1.25 bits per heavy atom. The molecule has 0 aliphatic rings. The molecule has 0 radical (unpaired) electrons. The molecule has 0 saturated carbocycles. The van der Waals surface area contributed by atoms with Gasteiger partial charge in [-0.05, 0) is 0 Å². The third-order valence-electron chi connectivity index (χ3n) is 3.84.